The maximum atomic E-state index is 13.0. The first-order valence-electron chi connectivity index (χ1n) is 8.24. The molecule has 0 saturated carbocycles. The van der Waals surface area contributed by atoms with E-state index in [1.165, 1.54) is 12.1 Å². The lowest BCUT2D eigenvalue weighted by Crippen LogP contribution is -2.40. The van der Waals surface area contributed by atoms with Crippen LogP contribution in [0.1, 0.15) is 18.4 Å². The van der Waals surface area contributed by atoms with Crippen LogP contribution in [0.15, 0.2) is 42.5 Å². The fourth-order valence-corrected chi connectivity index (χ4v) is 3.43. The van der Waals surface area contributed by atoms with E-state index in [4.69, 9.17) is 23.2 Å². The van der Waals surface area contributed by atoms with Crippen LogP contribution < -0.4 is 5.32 Å². The summed E-state index contributed by atoms with van der Waals surface area (Å²) in [7, 11) is 0. The third kappa shape index (κ3) is 4.94. The van der Waals surface area contributed by atoms with Crippen LogP contribution in [0, 0.1) is 11.7 Å². The van der Waals surface area contributed by atoms with Gasteiger partial charge in [0.25, 0.3) is 0 Å². The van der Waals surface area contributed by atoms with E-state index in [9.17, 15) is 9.18 Å². The number of amides is 1. The van der Waals surface area contributed by atoms with Gasteiger partial charge in [-0.05, 0) is 55.3 Å². The first kappa shape index (κ1) is 18.2. The molecule has 3 rings (SSSR count). The van der Waals surface area contributed by atoms with Crippen molar-refractivity contribution in [3.8, 4) is 0 Å². The summed E-state index contributed by atoms with van der Waals surface area (Å²) in [6.07, 6.45) is 1.78. The van der Waals surface area contributed by atoms with Crippen molar-refractivity contribution in [2.45, 2.75) is 19.4 Å². The number of hydrogen-bond acceptors (Lipinski definition) is 2. The first-order valence-corrected chi connectivity index (χ1v) is 8.99. The van der Waals surface area contributed by atoms with Crippen LogP contribution in [-0.4, -0.2) is 23.9 Å². The molecule has 2 aromatic carbocycles. The number of benzene rings is 2. The summed E-state index contributed by atoms with van der Waals surface area (Å²) < 4.78 is 13.0. The minimum Gasteiger partial charge on any atom is -0.324 e. The van der Waals surface area contributed by atoms with Gasteiger partial charge in [0.2, 0.25) is 5.91 Å². The number of nitrogens with zero attached hydrogens (tertiary/aromatic N) is 1. The molecule has 1 heterocycles. The summed E-state index contributed by atoms with van der Waals surface area (Å²) >= 11 is 12.1. The van der Waals surface area contributed by atoms with Crippen molar-refractivity contribution in [1.82, 2.24) is 4.90 Å². The van der Waals surface area contributed by atoms with Crippen LogP contribution in [0.25, 0.3) is 0 Å². The van der Waals surface area contributed by atoms with Crippen molar-refractivity contribution in [1.29, 1.82) is 0 Å². The number of rotatable bonds is 4. The number of carbonyl (C=O) groups excluding carboxylic acids is 1. The second kappa shape index (κ2) is 8.17. The Labute approximate surface area is 156 Å². The van der Waals surface area contributed by atoms with Gasteiger partial charge < -0.3 is 5.32 Å². The van der Waals surface area contributed by atoms with Gasteiger partial charge in [-0.1, -0.05) is 35.3 Å². The van der Waals surface area contributed by atoms with Crippen molar-refractivity contribution < 1.29 is 9.18 Å². The lowest BCUT2D eigenvalue weighted by Gasteiger charge is -2.32. The van der Waals surface area contributed by atoms with Gasteiger partial charge in [0.15, 0.2) is 0 Å². The number of carbonyl (C=O) groups is 1. The third-order valence-corrected chi connectivity index (χ3v) is 4.95. The molecule has 1 amide bonds. The van der Waals surface area contributed by atoms with Crippen molar-refractivity contribution in [2.75, 3.05) is 18.4 Å². The summed E-state index contributed by atoms with van der Waals surface area (Å²) in [5, 5.41) is 3.88. The maximum Gasteiger partial charge on any atom is 0.228 e. The molecule has 1 N–H and O–H groups in total. The Morgan fingerprint density at radius 3 is 2.72 bits per heavy atom. The summed E-state index contributed by atoms with van der Waals surface area (Å²) in [5.74, 6) is -0.393. The van der Waals surface area contributed by atoms with Gasteiger partial charge >= 0.3 is 0 Å². The Kier molecular flexibility index (Phi) is 5.94. The lowest BCUT2D eigenvalue weighted by atomic mass is 9.96. The van der Waals surface area contributed by atoms with Crippen molar-refractivity contribution in [2.24, 2.45) is 5.92 Å². The molecule has 0 radical (unpaired) electrons. The van der Waals surface area contributed by atoms with E-state index in [2.05, 4.69) is 10.2 Å². The SMILES string of the molecule is O=C(Nc1cc(Cl)ccc1Cl)[C@H]1CCCN(Cc2ccc(F)cc2)C1. The zero-order valence-corrected chi connectivity index (χ0v) is 15.2. The molecule has 0 aliphatic carbocycles. The molecule has 3 nitrogen and oxygen atoms in total. The number of nitrogens with one attached hydrogen (secondary N) is 1. The highest BCUT2D eigenvalue weighted by Gasteiger charge is 2.26. The van der Waals surface area contributed by atoms with E-state index in [-0.39, 0.29) is 17.6 Å². The Morgan fingerprint density at radius 2 is 1.96 bits per heavy atom. The molecule has 6 heteroatoms. The number of likely N-dealkylation sites (tertiary alicyclic amines) is 1. The highest BCUT2D eigenvalue weighted by molar-refractivity contribution is 6.35. The van der Waals surface area contributed by atoms with Gasteiger partial charge in [-0.3, -0.25) is 9.69 Å². The minimum atomic E-state index is -0.238. The molecule has 0 aromatic heterocycles. The molecule has 1 fully saturated rings. The van der Waals surface area contributed by atoms with Gasteiger partial charge in [0.1, 0.15) is 5.82 Å². The Bertz CT molecular complexity index is 752. The lowest BCUT2D eigenvalue weighted by molar-refractivity contribution is -0.121. The van der Waals surface area contributed by atoms with E-state index in [0.717, 1.165) is 24.9 Å². The van der Waals surface area contributed by atoms with Crippen LogP contribution in [0.2, 0.25) is 10.0 Å². The summed E-state index contributed by atoms with van der Waals surface area (Å²) in [6.45, 7) is 2.31. The topological polar surface area (TPSA) is 32.3 Å². The third-order valence-electron chi connectivity index (χ3n) is 4.38. The monoisotopic (exact) mass is 380 g/mol. The molecule has 1 atom stereocenters. The zero-order valence-electron chi connectivity index (χ0n) is 13.6. The molecule has 0 spiro atoms. The van der Waals surface area contributed by atoms with Crippen molar-refractivity contribution >= 4 is 34.8 Å². The van der Waals surface area contributed by atoms with E-state index in [0.29, 0.717) is 28.8 Å². The standard InChI is InChI=1S/C19H19Cl2FN2O/c20-15-5-8-17(21)18(10-15)23-19(25)14-2-1-9-24(12-14)11-13-3-6-16(22)7-4-13/h3-8,10,14H,1-2,9,11-12H2,(H,23,25)/t14-/m0/s1. The second-order valence-corrected chi connectivity index (χ2v) is 7.16. The normalized spacial score (nSPS) is 18.1. The maximum absolute atomic E-state index is 13.0. The predicted octanol–water partition coefficient (Wildman–Crippen LogP) is 4.98. The van der Waals surface area contributed by atoms with Crippen LogP contribution in [0.3, 0.4) is 0 Å². The number of anilines is 1. The molecular formula is C19H19Cl2FN2O. The smallest absolute Gasteiger partial charge is 0.228 e. The second-order valence-electron chi connectivity index (χ2n) is 6.31. The average Bonchev–Trinajstić information content (AvgIpc) is 2.60. The average molecular weight is 381 g/mol. The molecule has 25 heavy (non-hydrogen) atoms. The molecule has 2 aromatic rings. The fourth-order valence-electron chi connectivity index (χ4n) is 3.09. The van der Waals surface area contributed by atoms with Gasteiger partial charge in [-0.15, -0.1) is 0 Å². The highest BCUT2D eigenvalue weighted by Crippen LogP contribution is 2.27. The number of halogens is 3. The first-order chi connectivity index (χ1) is 12.0. The van der Waals surface area contributed by atoms with Crippen molar-refractivity contribution in [3.05, 3.63) is 63.9 Å². The number of piperidine rings is 1. The zero-order chi connectivity index (χ0) is 17.8. The van der Waals surface area contributed by atoms with Crippen LogP contribution in [-0.2, 0) is 11.3 Å². The van der Waals surface area contributed by atoms with E-state index >= 15 is 0 Å². The van der Waals surface area contributed by atoms with Crippen LogP contribution >= 0.6 is 23.2 Å². The molecular weight excluding hydrogens is 362 g/mol. The molecule has 0 unspecified atom stereocenters. The molecule has 1 aliphatic rings. The summed E-state index contributed by atoms with van der Waals surface area (Å²) in [6, 6.07) is 11.5. The van der Waals surface area contributed by atoms with E-state index in [1.807, 2.05) is 0 Å². The summed E-state index contributed by atoms with van der Waals surface area (Å²) in [4.78, 5) is 14.8. The molecule has 132 valence electrons. The van der Waals surface area contributed by atoms with Crippen molar-refractivity contribution in [3.63, 3.8) is 0 Å². The fraction of sp³-hybridized carbons (Fsp3) is 0.316. The van der Waals surface area contributed by atoms with E-state index < -0.39 is 0 Å². The highest BCUT2D eigenvalue weighted by atomic mass is 35.5. The minimum absolute atomic E-state index is 0.0482. The van der Waals surface area contributed by atoms with Crippen LogP contribution in [0.5, 0.6) is 0 Å². The van der Waals surface area contributed by atoms with Gasteiger partial charge in [0.05, 0.1) is 16.6 Å². The Hall–Kier alpha value is -1.62. The predicted molar refractivity (Wildman–Crippen MR) is 99.5 cm³/mol. The Morgan fingerprint density at radius 1 is 1.20 bits per heavy atom. The molecule has 1 saturated heterocycles. The Balaban J connectivity index is 1.61. The number of hydrogen-bond donors (Lipinski definition) is 1. The quantitative estimate of drug-likeness (QED) is 0.810. The van der Waals surface area contributed by atoms with Gasteiger partial charge in [-0.25, -0.2) is 4.39 Å². The molecule has 0 bridgehead atoms. The van der Waals surface area contributed by atoms with E-state index in [1.54, 1.807) is 30.3 Å². The van der Waals surface area contributed by atoms with Gasteiger partial charge in [0, 0.05) is 18.1 Å². The summed E-state index contributed by atoms with van der Waals surface area (Å²) in [5.41, 5.74) is 1.58. The van der Waals surface area contributed by atoms with Crippen LogP contribution in [0.4, 0.5) is 10.1 Å². The molecule has 1 aliphatic heterocycles. The van der Waals surface area contributed by atoms with Gasteiger partial charge in [-0.2, -0.15) is 0 Å². The largest absolute Gasteiger partial charge is 0.324 e.